The number of fused-ring (bicyclic) bond motifs is 1. The number of piperidine rings is 1. The first kappa shape index (κ1) is 19.0. The van der Waals surface area contributed by atoms with Crippen LogP contribution in [-0.2, 0) is 0 Å². The molecule has 3 rings (SSSR count). The molecule has 0 aromatic heterocycles. The number of carbonyl (C=O) groups is 2. The topological polar surface area (TPSA) is 125 Å². The maximum Gasteiger partial charge on any atom is 0.407 e. The summed E-state index contributed by atoms with van der Waals surface area (Å²) in [6.07, 6.45) is -0.0499. The fourth-order valence-corrected chi connectivity index (χ4v) is 4.35. The van der Waals surface area contributed by atoms with Crippen molar-refractivity contribution in [3.63, 3.8) is 0 Å². The number of ether oxygens (including phenoxy) is 1. The van der Waals surface area contributed by atoms with Crippen molar-refractivity contribution in [2.45, 2.75) is 39.2 Å². The van der Waals surface area contributed by atoms with Gasteiger partial charge in [0, 0.05) is 31.5 Å². The molecule has 4 N–H and O–H groups in total. The predicted octanol–water partition coefficient (Wildman–Crippen LogP) is 2.53. The Morgan fingerprint density at radius 3 is 2.48 bits per heavy atom. The van der Waals surface area contributed by atoms with Gasteiger partial charge in [-0.15, -0.1) is 0 Å². The highest BCUT2D eigenvalue weighted by molar-refractivity contribution is 6.06. The summed E-state index contributed by atoms with van der Waals surface area (Å²) in [5.41, 5.74) is 5.38. The number of amidine groups is 1. The number of oxime groups is 1. The van der Waals surface area contributed by atoms with E-state index in [2.05, 4.69) is 5.16 Å². The summed E-state index contributed by atoms with van der Waals surface area (Å²) in [6.45, 7) is 6.62. The standard InChI is InChI=1S/C19H25N3O5/c1-18(2,3)15-14(23)12-10-11(16(20)21-26)4-5-13(12)27-19(15)6-8-22(9-7-19)17(24)25/h4-5,10,15,26H,6-9H2,1-3H3,(H2,20,21)(H,24,25). The first-order chi connectivity index (χ1) is 12.6. The van der Waals surface area contributed by atoms with Crippen LogP contribution in [0.5, 0.6) is 5.75 Å². The van der Waals surface area contributed by atoms with Crippen molar-refractivity contribution in [1.82, 2.24) is 4.90 Å². The molecule has 0 saturated carbocycles. The number of likely N-dealkylation sites (tertiary alicyclic amines) is 1. The van der Waals surface area contributed by atoms with Crippen molar-refractivity contribution in [1.29, 1.82) is 0 Å². The SMILES string of the molecule is CC(C)(C)C1C(=O)c2cc(C(N)=NO)ccc2OC12CCN(C(=O)O)CC2. The van der Waals surface area contributed by atoms with Crippen LogP contribution in [0.15, 0.2) is 23.4 Å². The number of Topliss-reactive ketones (excluding diaryl/α,β-unsaturated/α-hetero) is 1. The molecule has 0 bridgehead atoms. The lowest BCUT2D eigenvalue weighted by molar-refractivity contribution is -0.0695. The van der Waals surface area contributed by atoms with E-state index in [9.17, 15) is 14.7 Å². The van der Waals surface area contributed by atoms with Crippen LogP contribution in [0.1, 0.15) is 49.5 Å². The first-order valence-electron chi connectivity index (χ1n) is 8.92. The zero-order valence-corrected chi connectivity index (χ0v) is 15.7. The molecule has 2 heterocycles. The summed E-state index contributed by atoms with van der Waals surface area (Å²) < 4.78 is 6.38. The Kier molecular flexibility index (Phi) is 4.53. The van der Waals surface area contributed by atoms with E-state index >= 15 is 0 Å². The Hall–Kier alpha value is -2.77. The van der Waals surface area contributed by atoms with Gasteiger partial charge in [0.05, 0.1) is 11.5 Å². The van der Waals surface area contributed by atoms with Crippen molar-refractivity contribution in [2.75, 3.05) is 13.1 Å². The first-order valence-corrected chi connectivity index (χ1v) is 8.92. The van der Waals surface area contributed by atoms with Crippen LogP contribution in [0.25, 0.3) is 0 Å². The third-order valence-electron chi connectivity index (χ3n) is 5.50. The summed E-state index contributed by atoms with van der Waals surface area (Å²) in [5, 5.41) is 21.1. The molecule has 0 aliphatic carbocycles. The van der Waals surface area contributed by atoms with E-state index in [1.54, 1.807) is 18.2 Å². The van der Waals surface area contributed by atoms with Crippen LogP contribution >= 0.6 is 0 Å². The minimum absolute atomic E-state index is 0.0554. The molecule has 1 unspecified atom stereocenters. The monoisotopic (exact) mass is 375 g/mol. The average molecular weight is 375 g/mol. The number of amides is 1. The molecule has 1 atom stereocenters. The molecule has 146 valence electrons. The van der Waals surface area contributed by atoms with Gasteiger partial charge in [-0.3, -0.25) is 4.79 Å². The molecule has 0 radical (unpaired) electrons. The third-order valence-corrected chi connectivity index (χ3v) is 5.50. The van der Waals surface area contributed by atoms with Crippen LogP contribution in [0.4, 0.5) is 4.79 Å². The largest absolute Gasteiger partial charge is 0.486 e. The number of hydrogen-bond donors (Lipinski definition) is 3. The molecule has 2 aliphatic heterocycles. The lowest BCUT2D eigenvalue weighted by Gasteiger charge is -2.52. The molecule has 8 nitrogen and oxygen atoms in total. The van der Waals surface area contributed by atoms with Crippen molar-refractivity contribution >= 4 is 17.7 Å². The molecular weight excluding hydrogens is 350 g/mol. The van der Waals surface area contributed by atoms with Crippen molar-refractivity contribution < 1.29 is 24.6 Å². The molecule has 8 heteroatoms. The molecule has 1 aromatic carbocycles. The average Bonchev–Trinajstić information content (AvgIpc) is 2.60. The van der Waals surface area contributed by atoms with Gasteiger partial charge in [-0.25, -0.2) is 4.79 Å². The highest BCUT2D eigenvalue weighted by Gasteiger charge is 2.55. The fourth-order valence-electron chi connectivity index (χ4n) is 4.35. The second-order valence-electron chi connectivity index (χ2n) is 8.30. The van der Waals surface area contributed by atoms with Crippen molar-refractivity contribution in [3.05, 3.63) is 29.3 Å². The van der Waals surface area contributed by atoms with Gasteiger partial charge >= 0.3 is 6.09 Å². The summed E-state index contributed by atoms with van der Waals surface area (Å²) in [6, 6.07) is 4.88. The third kappa shape index (κ3) is 3.20. The van der Waals surface area contributed by atoms with Crippen LogP contribution in [0.2, 0.25) is 0 Å². The number of rotatable bonds is 1. The van der Waals surface area contributed by atoms with Gasteiger partial charge < -0.3 is 25.7 Å². The van der Waals surface area contributed by atoms with E-state index in [0.29, 0.717) is 42.8 Å². The predicted molar refractivity (Wildman–Crippen MR) is 98.4 cm³/mol. The number of nitrogens with two attached hydrogens (primary N) is 1. The second kappa shape index (κ2) is 6.44. The van der Waals surface area contributed by atoms with Crippen molar-refractivity contribution in [3.8, 4) is 5.75 Å². The molecule has 1 saturated heterocycles. The molecule has 1 spiro atoms. The maximum absolute atomic E-state index is 13.5. The summed E-state index contributed by atoms with van der Waals surface area (Å²) in [5.74, 6) is -0.108. The fraction of sp³-hybridized carbons (Fsp3) is 0.526. The smallest absolute Gasteiger partial charge is 0.407 e. The number of carbonyl (C=O) groups excluding carboxylic acids is 1. The summed E-state index contributed by atoms with van der Waals surface area (Å²) in [7, 11) is 0. The van der Waals surface area contributed by atoms with E-state index < -0.39 is 17.6 Å². The van der Waals surface area contributed by atoms with E-state index in [1.807, 2.05) is 20.8 Å². The Bertz CT molecular complexity index is 804. The zero-order valence-electron chi connectivity index (χ0n) is 15.7. The summed E-state index contributed by atoms with van der Waals surface area (Å²) >= 11 is 0. The minimum Gasteiger partial charge on any atom is -0.486 e. The van der Waals surface area contributed by atoms with Gasteiger partial charge in [-0.2, -0.15) is 0 Å². The Morgan fingerprint density at radius 1 is 1.33 bits per heavy atom. The molecular formula is C19H25N3O5. The van der Waals surface area contributed by atoms with Crippen LogP contribution in [-0.4, -0.2) is 51.6 Å². The molecule has 27 heavy (non-hydrogen) atoms. The number of nitrogens with zero attached hydrogens (tertiary/aromatic N) is 2. The Morgan fingerprint density at radius 2 is 1.96 bits per heavy atom. The maximum atomic E-state index is 13.5. The molecule has 1 amide bonds. The molecule has 1 fully saturated rings. The molecule has 1 aromatic rings. The number of ketones is 1. The quantitative estimate of drug-likeness (QED) is 0.300. The van der Waals surface area contributed by atoms with E-state index in [-0.39, 0.29) is 17.0 Å². The van der Waals surface area contributed by atoms with Gasteiger partial charge in [-0.1, -0.05) is 25.9 Å². The van der Waals surface area contributed by atoms with Gasteiger partial charge in [0.15, 0.2) is 11.6 Å². The Balaban J connectivity index is 2.05. The van der Waals surface area contributed by atoms with Gasteiger partial charge in [0.1, 0.15) is 11.4 Å². The van der Waals surface area contributed by atoms with Gasteiger partial charge in [-0.05, 0) is 23.6 Å². The summed E-state index contributed by atoms with van der Waals surface area (Å²) in [4.78, 5) is 26.1. The van der Waals surface area contributed by atoms with Crippen LogP contribution in [0.3, 0.4) is 0 Å². The number of carboxylic acid groups (broad SMARTS) is 1. The van der Waals surface area contributed by atoms with E-state index in [1.165, 1.54) is 4.90 Å². The van der Waals surface area contributed by atoms with Crippen LogP contribution < -0.4 is 10.5 Å². The van der Waals surface area contributed by atoms with E-state index in [0.717, 1.165) is 0 Å². The highest BCUT2D eigenvalue weighted by Crippen LogP contribution is 2.49. The molecule has 2 aliphatic rings. The minimum atomic E-state index is -0.955. The van der Waals surface area contributed by atoms with Crippen molar-refractivity contribution in [2.24, 2.45) is 22.2 Å². The number of hydrogen-bond acceptors (Lipinski definition) is 5. The number of benzene rings is 1. The highest BCUT2D eigenvalue weighted by atomic mass is 16.5. The second-order valence-corrected chi connectivity index (χ2v) is 8.30. The van der Waals surface area contributed by atoms with Gasteiger partial charge in [0.25, 0.3) is 0 Å². The van der Waals surface area contributed by atoms with Crippen LogP contribution in [0, 0.1) is 11.3 Å². The lowest BCUT2D eigenvalue weighted by Crippen LogP contribution is -2.60. The zero-order chi connectivity index (χ0) is 20.0. The Labute approximate surface area is 157 Å². The van der Waals surface area contributed by atoms with Gasteiger partial charge in [0.2, 0.25) is 0 Å². The normalized spacial score (nSPS) is 22.3. The van der Waals surface area contributed by atoms with E-state index in [4.69, 9.17) is 15.7 Å². The lowest BCUT2D eigenvalue weighted by atomic mass is 9.62.